The molecule has 0 spiro atoms. The van der Waals surface area contributed by atoms with Crippen LogP contribution in [-0.4, -0.2) is 80.7 Å². The molecule has 4 aliphatic rings. The van der Waals surface area contributed by atoms with Crippen LogP contribution in [-0.2, 0) is 31.7 Å². The second-order valence-corrected chi connectivity index (χ2v) is 13.5. The number of carbonyl (C=O) groups is 1. The van der Waals surface area contributed by atoms with Gasteiger partial charge < -0.3 is 14.4 Å². The van der Waals surface area contributed by atoms with E-state index in [1.165, 1.54) is 11.0 Å². The van der Waals surface area contributed by atoms with Crippen LogP contribution in [0.4, 0.5) is 18.9 Å². The van der Waals surface area contributed by atoms with Gasteiger partial charge >= 0.3 is 6.18 Å². The van der Waals surface area contributed by atoms with Crippen LogP contribution in [0.5, 0.6) is 0 Å². The average Bonchev–Trinajstić information content (AvgIpc) is 3.69. The van der Waals surface area contributed by atoms with E-state index in [0.29, 0.717) is 29.8 Å². The molecule has 3 fully saturated rings. The van der Waals surface area contributed by atoms with E-state index in [9.17, 15) is 18.0 Å². The van der Waals surface area contributed by atoms with Crippen molar-refractivity contribution < 1.29 is 18.0 Å². The minimum absolute atomic E-state index is 0.0303. The van der Waals surface area contributed by atoms with E-state index >= 15 is 0 Å². The molecule has 12 heteroatoms. The van der Waals surface area contributed by atoms with Crippen molar-refractivity contribution in [1.82, 2.24) is 29.5 Å². The Hall–Kier alpha value is -3.95. The van der Waals surface area contributed by atoms with E-state index in [-0.39, 0.29) is 29.1 Å². The van der Waals surface area contributed by atoms with Crippen molar-refractivity contribution in [2.45, 2.75) is 63.0 Å². The fraction of sp³-hybridized carbons (Fsp3) is 0.515. The molecule has 1 saturated carbocycles. The van der Waals surface area contributed by atoms with Crippen molar-refractivity contribution >= 4 is 11.6 Å². The standard InChI is InChI=1S/C33H37F3N8O/c1-21-12-32(13-21,31-39-38-20-41(31)3)23-5-4-6-24(11-23)44-18-28-27(30(44)45)9-22(10-29(28)33(34,35)36)14-40(2)26-16-43(17-26)25-7-8-42(15-25)19-37/h4-6,9-11,20-21,25-26H,7-8,12-18H2,1-3H3/t21?,25-,32?/m1/s1. The highest BCUT2D eigenvalue weighted by Crippen LogP contribution is 2.52. The number of amides is 1. The Morgan fingerprint density at radius 3 is 2.58 bits per heavy atom. The van der Waals surface area contributed by atoms with Gasteiger partial charge in [-0.25, -0.2) is 0 Å². The van der Waals surface area contributed by atoms with Crippen LogP contribution in [0.3, 0.4) is 0 Å². The molecule has 1 aliphatic carbocycles. The van der Waals surface area contributed by atoms with Crippen molar-refractivity contribution in [2.75, 3.05) is 38.1 Å². The lowest BCUT2D eigenvalue weighted by atomic mass is 9.58. The topological polar surface area (TPSA) is 84.5 Å². The number of hydrogen-bond acceptors (Lipinski definition) is 7. The lowest BCUT2D eigenvalue weighted by Crippen LogP contribution is -2.61. The molecule has 3 aliphatic heterocycles. The number of halogens is 3. The molecule has 0 radical (unpaired) electrons. The molecule has 2 aromatic carbocycles. The molecule has 0 unspecified atom stereocenters. The van der Waals surface area contributed by atoms with Gasteiger partial charge in [0, 0.05) is 63.1 Å². The summed E-state index contributed by atoms with van der Waals surface area (Å²) in [7, 11) is 3.84. The van der Waals surface area contributed by atoms with Gasteiger partial charge in [0.25, 0.3) is 5.91 Å². The smallest absolute Gasteiger partial charge is 0.320 e. The molecular formula is C33H37F3N8O. The van der Waals surface area contributed by atoms with Gasteiger partial charge in [0.05, 0.1) is 17.5 Å². The van der Waals surface area contributed by atoms with Gasteiger partial charge in [0.2, 0.25) is 0 Å². The fourth-order valence-corrected chi connectivity index (χ4v) is 8.00. The number of likely N-dealkylation sites (N-methyl/N-ethyl adjacent to an activating group) is 1. The number of aryl methyl sites for hydroxylation is 1. The first kappa shape index (κ1) is 29.7. The summed E-state index contributed by atoms with van der Waals surface area (Å²) >= 11 is 0. The number of nitriles is 1. The Kier molecular flexibility index (Phi) is 7.17. The zero-order valence-corrected chi connectivity index (χ0v) is 25.8. The van der Waals surface area contributed by atoms with E-state index in [1.54, 1.807) is 23.4 Å². The first-order valence-electron chi connectivity index (χ1n) is 15.6. The second-order valence-electron chi connectivity index (χ2n) is 13.5. The number of fused-ring (bicyclic) bond motifs is 1. The number of hydrogen-bond donors (Lipinski definition) is 0. The molecule has 45 heavy (non-hydrogen) atoms. The van der Waals surface area contributed by atoms with E-state index in [1.807, 2.05) is 36.9 Å². The fourth-order valence-electron chi connectivity index (χ4n) is 8.00. The molecule has 1 atom stereocenters. The van der Waals surface area contributed by atoms with E-state index in [2.05, 4.69) is 33.1 Å². The maximum atomic E-state index is 14.5. The number of nitrogens with zero attached hydrogens (tertiary/aromatic N) is 8. The maximum Gasteiger partial charge on any atom is 0.416 e. The Bertz CT molecular complexity index is 1670. The highest BCUT2D eigenvalue weighted by Gasteiger charge is 2.49. The summed E-state index contributed by atoms with van der Waals surface area (Å²) in [6.45, 7) is 5.50. The van der Waals surface area contributed by atoms with Crippen LogP contribution < -0.4 is 4.90 Å². The van der Waals surface area contributed by atoms with Gasteiger partial charge in [0.15, 0.2) is 6.19 Å². The molecule has 0 N–H and O–H groups in total. The van der Waals surface area contributed by atoms with Crippen LogP contribution in [0.1, 0.15) is 64.6 Å². The molecule has 1 aromatic heterocycles. The van der Waals surface area contributed by atoms with Crippen LogP contribution in [0.2, 0.25) is 0 Å². The van der Waals surface area contributed by atoms with Gasteiger partial charge in [-0.2, -0.15) is 18.4 Å². The summed E-state index contributed by atoms with van der Waals surface area (Å²) in [6.07, 6.45) is 2.01. The molecule has 9 nitrogen and oxygen atoms in total. The Morgan fingerprint density at radius 1 is 1.16 bits per heavy atom. The molecule has 4 heterocycles. The third kappa shape index (κ3) is 5.06. The largest absolute Gasteiger partial charge is 0.416 e. The first-order valence-corrected chi connectivity index (χ1v) is 15.6. The molecule has 236 valence electrons. The lowest BCUT2D eigenvalue weighted by Gasteiger charge is -2.47. The van der Waals surface area contributed by atoms with Crippen molar-refractivity contribution in [1.29, 1.82) is 5.26 Å². The van der Waals surface area contributed by atoms with Crippen LogP contribution in [0.25, 0.3) is 0 Å². The molecule has 3 aromatic rings. The number of rotatable bonds is 7. The number of benzene rings is 2. The highest BCUT2D eigenvalue weighted by atomic mass is 19.4. The van der Waals surface area contributed by atoms with Crippen molar-refractivity contribution in [3.63, 3.8) is 0 Å². The van der Waals surface area contributed by atoms with Crippen molar-refractivity contribution in [2.24, 2.45) is 13.0 Å². The predicted octanol–water partition coefficient (Wildman–Crippen LogP) is 4.38. The molecule has 2 saturated heterocycles. The number of alkyl halides is 3. The number of anilines is 1. The SMILES string of the molecule is CC1CC(c2cccc(N3Cc4c(cc(CN(C)C5CN([C@@H]6CCN(C#N)C6)C5)cc4C(F)(F)F)C3=O)c2)(c2nncn2C)C1. The summed E-state index contributed by atoms with van der Waals surface area (Å²) in [5, 5.41) is 17.7. The second kappa shape index (κ2) is 10.8. The van der Waals surface area contributed by atoms with Gasteiger partial charge in [-0.15, -0.1) is 10.2 Å². The number of carbonyl (C=O) groups excluding carboxylic acids is 1. The summed E-state index contributed by atoms with van der Waals surface area (Å²) in [5.74, 6) is 0.933. The summed E-state index contributed by atoms with van der Waals surface area (Å²) in [6, 6.07) is 11.0. The Labute approximate surface area is 260 Å². The third-order valence-corrected chi connectivity index (χ3v) is 10.4. The van der Waals surface area contributed by atoms with Crippen molar-refractivity contribution in [3.05, 3.63) is 76.4 Å². The predicted molar refractivity (Wildman–Crippen MR) is 161 cm³/mol. The van der Waals surface area contributed by atoms with Gasteiger partial charge in [-0.1, -0.05) is 19.1 Å². The zero-order chi connectivity index (χ0) is 31.7. The summed E-state index contributed by atoms with van der Waals surface area (Å²) in [5.41, 5.74) is 1.11. The number of likely N-dealkylation sites (tertiary alicyclic amines) is 2. The van der Waals surface area contributed by atoms with E-state index in [4.69, 9.17) is 5.26 Å². The average molecular weight is 619 g/mol. The maximum absolute atomic E-state index is 14.5. The zero-order valence-electron chi connectivity index (χ0n) is 25.8. The summed E-state index contributed by atoms with van der Waals surface area (Å²) < 4.78 is 45.3. The van der Waals surface area contributed by atoms with Gasteiger partial charge in [-0.05, 0) is 73.2 Å². The Morgan fingerprint density at radius 2 is 1.93 bits per heavy atom. The molecule has 1 amide bonds. The highest BCUT2D eigenvalue weighted by molar-refractivity contribution is 6.10. The Balaban J connectivity index is 1.12. The first-order chi connectivity index (χ1) is 21.5. The number of aromatic nitrogens is 3. The molecular weight excluding hydrogens is 581 g/mol. The monoisotopic (exact) mass is 618 g/mol. The summed E-state index contributed by atoms with van der Waals surface area (Å²) in [4.78, 5) is 21.5. The van der Waals surface area contributed by atoms with Gasteiger partial charge in [-0.3, -0.25) is 14.6 Å². The normalized spacial score (nSPS) is 25.4. The minimum Gasteiger partial charge on any atom is -0.320 e. The van der Waals surface area contributed by atoms with Crippen LogP contribution in [0.15, 0.2) is 42.7 Å². The van der Waals surface area contributed by atoms with E-state index < -0.39 is 17.6 Å². The molecule has 7 rings (SSSR count). The van der Waals surface area contributed by atoms with E-state index in [0.717, 1.165) is 56.8 Å². The van der Waals surface area contributed by atoms with Crippen LogP contribution >= 0.6 is 0 Å². The minimum atomic E-state index is -4.59. The van der Waals surface area contributed by atoms with Gasteiger partial charge in [0.1, 0.15) is 12.2 Å². The molecule has 0 bridgehead atoms. The van der Waals surface area contributed by atoms with Crippen molar-refractivity contribution in [3.8, 4) is 6.19 Å². The van der Waals surface area contributed by atoms with Crippen LogP contribution in [0, 0.1) is 17.4 Å². The quantitative estimate of drug-likeness (QED) is 0.364. The third-order valence-electron chi connectivity index (χ3n) is 10.4. The lowest BCUT2D eigenvalue weighted by molar-refractivity contribution is -0.138.